The highest BCUT2D eigenvalue weighted by molar-refractivity contribution is 7.86. The van der Waals surface area contributed by atoms with E-state index in [1.807, 2.05) is 13.8 Å². The fourth-order valence-corrected chi connectivity index (χ4v) is 3.73. The van der Waals surface area contributed by atoms with Crippen LogP contribution in [0.25, 0.3) is 5.82 Å². The molecule has 2 aromatic rings. The Labute approximate surface area is 131 Å². The van der Waals surface area contributed by atoms with Crippen molar-refractivity contribution in [2.75, 3.05) is 18.8 Å². The van der Waals surface area contributed by atoms with E-state index in [1.165, 1.54) is 0 Å². The van der Waals surface area contributed by atoms with E-state index >= 15 is 0 Å². The van der Waals surface area contributed by atoms with Crippen LogP contribution in [-0.2, 0) is 10.8 Å². The summed E-state index contributed by atoms with van der Waals surface area (Å²) < 4.78 is 13.2. The summed E-state index contributed by atoms with van der Waals surface area (Å²) in [6.45, 7) is 4.83. The molecule has 0 bridgehead atoms. The third-order valence-electron chi connectivity index (χ3n) is 3.71. The van der Waals surface area contributed by atoms with Gasteiger partial charge in [0.1, 0.15) is 5.69 Å². The second-order valence-corrected chi connectivity index (χ2v) is 8.07. The van der Waals surface area contributed by atoms with Gasteiger partial charge in [-0.2, -0.15) is 5.10 Å². The zero-order chi connectivity index (χ0) is 15.7. The largest absolute Gasteiger partial charge is 0.335 e. The normalized spacial score (nSPS) is 20.8. The molecule has 3 rings (SSSR count). The Hall–Kier alpha value is -2.02. The quantitative estimate of drug-likeness (QED) is 0.836. The zero-order valence-corrected chi connectivity index (χ0v) is 13.4. The number of aromatic nitrogens is 3. The maximum Gasteiger partial charge on any atom is 0.272 e. The molecule has 7 heteroatoms. The van der Waals surface area contributed by atoms with Crippen LogP contribution >= 0.6 is 0 Å². The van der Waals surface area contributed by atoms with Crippen LogP contribution in [0, 0.1) is 0 Å². The van der Waals surface area contributed by atoms with Crippen LogP contribution in [0.5, 0.6) is 0 Å². The van der Waals surface area contributed by atoms with Crippen molar-refractivity contribution in [1.29, 1.82) is 0 Å². The predicted octanol–water partition coefficient (Wildman–Crippen LogP) is 1.25. The van der Waals surface area contributed by atoms with Crippen molar-refractivity contribution in [1.82, 2.24) is 19.7 Å². The molecule has 116 valence electrons. The van der Waals surface area contributed by atoms with Gasteiger partial charge in [-0.1, -0.05) is 6.07 Å². The zero-order valence-electron chi connectivity index (χ0n) is 12.6. The van der Waals surface area contributed by atoms with E-state index in [2.05, 4.69) is 10.1 Å². The number of hydrogen-bond acceptors (Lipinski definition) is 4. The van der Waals surface area contributed by atoms with Crippen LogP contribution in [0.3, 0.4) is 0 Å². The fraction of sp³-hybridized carbons (Fsp3) is 0.400. The van der Waals surface area contributed by atoms with Gasteiger partial charge < -0.3 is 4.90 Å². The maximum absolute atomic E-state index is 12.7. The van der Waals surface area contributed by atoms with Crippen molar-refractivity contribution in [3.63, 3.8) is 0 Å². The Morgan fingerprint density at radius 3 is 2.82 bits per heavy atom. The molecule has 1 amide bonds. The lowest BCUT2D eigenvalue weighted by molar-refractivity contribution is 0.0740. The van der Waals surface area contributed by atoms with Gasteiger partial charge in [0.15, 0.2) is 5.82 Å². The van der Waals surface area contributed by atoms with Crippen LogP contribution in [-0.4, -0.2) is 53.4 Å². The summed E-state index contributed by atoms with van der Waals surface area (Å²) in [5.41, 5.74) is 0.386. The molecule has 1 fully saturated rings. The minimum Gasteiger partial charge on any atom is -0.335 e. The van der Waals surface area contributed by atoms with E-state index in [-0.39, 0.29) is 10.7 Å². The first-order valence-electron chi connectivity index (χ1n) is 7.12. The van der Waals surface area contributed by atoms with Gasteiger partial charge in [-0.05, 0) is 32.0 Å². The maximum atomic E-state index is 12.7. The second kappa shape index (κ2) is 5.64. The Morgan fingerprint density at radius 2 is 2.14 bits per heavy atom. The third kappa shape index (κ3) is 2.81. The van der Waals surface area contributed by atoms with Gasteiger partial charge in [-0.15, -0.1) is 0 Å². The molecule has 6 nitrogen and oxygen atoms in total. The number of pyridine rings is 1. The summed E-state index contributed by atoms with van der Waals surface area (Å²) in [5, 5.41) is 4.12. The minimum atomic E-state index is -0.901. The summed E-state index contributed by atoms with van der Waals surface area (Å²) in [4.78, 5) is 18.8. The molecule has 1 saturated heterocycles. The average Bonchev–Trinajstić information content (AvgIpc) is 3.04. The van der Waals surface area contributed by atoms with Gasteiger partial charge in [0.2, 0.25) is 0 Å². The summed E-state index contributed by atoms with van der Waals surface area (Å²) in [7, 11) is -0.901. The number of rotatable bonds is 2. The smallest absolute Gasteiger partial charge is 0.272 e. The lowest BCUT2D eigenvalue weighted by Crippen LogP contribution is -2.52. The molecular formula is C15H18N4O2S. The van der Waals surface area contributed by atoms with E-state index in [9.17, 15) is 9.00 Å². The van der Waals surface area contributed by atoms with Crippen molar-refractivity contribution in [2.45, 2.75) is 18.6 Å². The van der Waals surface area contributed by atoms with Gasteiger partial charge >= 0.3 is 0 Å². The van der Waals surface area contributed by atoms with E-state index in [1.54, 1.807) is 46.2 Å². The summed E-state index contributed by atoms with van der Waals surface area (Å²) >= 11 is 0. The Morgan fingerprint density at radius 1 is 1.32 bits per heavy atom. The molecule has 1 unspecified atom stereocenters. The third-order valence-corrected chi connectivity index (χ3v) is 5.63. The van der Waals surface area contributed by atoms with Gasteiger partial charge in [-0.3, -0.25) is 9.00 Å². The molecule has 22 heavy (non-hydrogen) atoms. The number of nitrogens with zero attached hydrogens (tertiary/aromatic N) is 4. The SMILES string of the molecule is CC1(C)CN(C(=O)c2cccc(-n3cccn3)n2)CCS1=O. The van der Waals surface area contributed by atoms with Gasteiger partial charge in [-0.25, -0.2) is 9.67 Å². The first kappa shape index (κ1) is 14.9. The molecule has 2 aromatic heterocycles. The molecule has 0 saturated carbocycles. The van der Waals surface area contributed by atoms with Gasteiger partial charge in [0.25, 0.3) is 5.91 Å². The molecule has 3 heterocycles. The standard InChI is InChI=1S/C15H18N4O2S/c1-15(2)11-18(9-10-22(15)21)14(20)12-5-3-6-13(17-12)19-8-4-7-16-19/h3-8H,9-11H2,1-2H3. The van der Waals surface area contributed by atoms with Crippen molar-refractivity contribution in [3.05, 3.63) is 42.4 Å². The molecule has 0 aromatic carbocycles. The van der Waals surface area contributed by atoms with Crippen molar-refractivity contribution < 1.29 is 9.00 Å². The Balaban J connectivity index is 1.84. The molecule has 0 spiro atoms. The highest BCUT2D eigenvalue weighted by Gasteiger charge is 2.35. The van der Waals surface area contributed by atoms with E-state index < -0.39 is 10.8 Å². The van der Waals surface area contributed by atoms with Crippen molar-refractivity contribution >= 4 is 16.7 Å². The first-order valence-corrected chi connectivity index (χ1v) is 8.44. The summed E-state index contributed by atoms with van der Waals surface area (Å²) in [6.07, 6.45) is 3.45. The van der Waals surface area contributed by atoms with Crippen LogP contribution < -0.4 is 0 Å². The highest BCUT2D eigenvalue weighted by Crippen LogP contribution is 2.21. The predicted molar refractivity (Wildman–Crippen MR) is 84.4 cm³/mol. The molecule has 1 aliphatic heterocycles. The fourth-order valence-electron chi connectivity index (χ4n) is 2.49. The van der Waals surface area contributed by atoms with Crippen molar-refractivity contribution in [2.24, 2.45) is 0 Å². The molecule has 1 aliphatic rings. The highest BCUT2D eigenvalue weighted by atomic mass is 32.2. The monoisotopic (exact) mass is 318 g/mol. The number of hydrogen-bond donors (Lipinski definition) is 0. The topological polar surface area (TPSA) is 68.1 Å². The summed E-state index contributed by atoms with van der Waals surface area (Å²) in [6, 6.07) is 7.11. The minimum absolute atomic E-state index is 0.126. The lowest BCUT2D eigenvalue weighted by atomic mass is 10.1. The number of amides is 1. The lowest BCUT2D eigenvalue weighted by Gasteiger charge is -2.37. The molecule has 0 aliphatic carbocycles. The summed E-state index contributed by atoms with van der Waals surface area (Å²) in [5.74, 6) is 0.992. The Bertz CT molecular complexity index is 712. The van der Waals surface area contributed by atoms with E-state index in [4.69, 9.17) is 0 Å². The molecule has 0 radical (unpaired) electrons. The van der Waals surface area contributed by atoms with Crippen molar-refractivity contribution in [3.8, 4) is 5.82 Å². The van der Waals surface area contributed by atoms with Crippen LogP contribution in [0.15, 0.2) is 36.7 Å². The van der Waals surface area contributed by atoms with Gasteiger partial charge in [0.05, 0.1) is 4.75 Å². The number of carbonyl (C=O) groups is 1. The first-order chi connectivity index (χ1) is 10.5. The van der Waals surface area contributed by atoms with Crippen LogP contribution in [0.4, 0.5) is 0 Å². The van der Waals surface area contributed by atoms with E-state index in [0.717, 1.165) is 0 Å². The van der Waals surface area contributed by atoms with Gasteiger partial charge in [0, 0.05) is 42.0 Å². The second-order valence-electron chi connectivity index (χ2n) is 5.87. The van der Waals surface area contributed by atoms with Crippen LogP contribution in [0.2, 0.25) is 0 Å². The number of carbonyl (C=O) groups excluding carboxylic acids is 1. The van der Waals surface area contributed by atoms with E-state index in [0.29, 0.717) is 30.4 Å². The molecular weight excluding hydrogens is 300 g/mol. The Kier molecular flexibility index (Phi) is 3.82. The average molecular weight is 318 g/mol. The van der Waals surface area contributed by atoms with Crippen LogP contribution in [0.1, 0.15) is 24.3 Å². The molecule has 1 atom stereocenters. The molecule has 0 N–H and O–H groups in total.